The van der Waals surface area contributed by atoms with Crippen LogP contribution in [0.25, 0.3) is 0 Å². The number of carboxylic acids is 1. The third-order valence-electron chi connectivity index (χ3n) is 4.27. The molecule has 0 aliphatic carbocycles. The summed E-state index contributed by atoms with van der Waals surface area (Å²) in [5.41, 5.74) is 3.21. The Bertz CT molecular complexity index is 648. The zero-order valence-electron chi connectivity index (χ0n) is 12.7. The summed E-state index contributed by atoms with van der Waals surface area (Å²) in [4.78, 5) is 20.8. The predicted molar refractivity (Wildman–Crippen MR) is 80.4 cm³/mol. The highest BCUT2D eigenvalue weighted by atomic mass is 16.4. The summed E-state index contributed by atoms with van der Waals surface area (Å²) in [7, 11) is 0. The molecule has 0 saturated carbocycles. The van der Waals surface area contributed by atoms with Crippen LogP contribution in [0.1, 0.15) is 35.8 Å². The largest absolute Gasteiger partial charge is 0.480 e. The fourth-order valence-corrected chi connectivity index (χ4v) is 3.15. The van der Waals surface area contributed by atoms with Gasteiger partial charge >= 0.3 is 5.97 Å². The van der Waals surface area contributed by atoms with Crippen molar-refractivity contribution in [3.05, 3.63) is 35.7 Å². The molecule has 0 aromatic carbocycles. The van der Waals surface area contributed by atoms with Crippen molar-refractivity contribution in [2.75, 3.05) is 13.1 Å². The van der Waals surface area contributed by atoms with Gasteiger partial charge in [0.05, 0.1) is 12.0 Å². The molecule has 3 heterocycles. The summed E-state index contributed by atoms with van der Waals surface area (Å²) >= 11 is 0. The highest BCUT2D eigenvalue weighted by Gasteiger charge is 2.25. The zero-order chi connectivity index (χ0) is 15.5. The van der Waals surface area contributed by atoms with Crippen LogP contribution in [-0.4, -0.2) is 48.8 Å². The molecule has 2 aromatic rings. The molecule has 0 amide bonds. The number of hydrogen-bond donors (Lipinski definition) is 2. The SMILES string of the molecule is Cc1[nH]cnc1CN1CCC[C@H](c2ccnn2CC(=O)O)C1. The molecule has 2 aromatic heterocycles. The minimum Gasteiger partial charge on any atom is -0.480 e. The summed E-state index contributed by atoms with van der Waals surface area (Å²) in [5.74, 6) is -0.528. The van der Waals surface area contributed by atoms with Crippen molar-refractivity contribution >= 4 is 5.97 Å². The van der Waals surface area contributed by atoms with Crippen molar-refractivity contribution in [2.45, 2.75) is 38.8 Å². The quantitative estimate of drug-likeness (QED) is 0.871. The molecular weight excluding hydrogens is 282 g/mol. The number of aryl methyl sites for hydroxylation is 1. The van der Waals surface area contributed by atoms with E-state index < -0.39 is 5.97 Å². The summed E-state index contributed by atoms with van der Waals surface area (Å²) in [5, 5.41) is 13.1. The Hall–Kier alpha value is -2.15. The van der Waals surface area contributed by atoms with Gasteiger partial charge in [-0.05, 0) is 32.4 Å². The average molecular weight is 303 g/mol. The molecule has 1 aliphatic heterocycles. The fraction of sp³-hybridized carbons (Fsp3) is 0.533. The van der Waals surface area contributed by atoms with Crippen molar-refractivity contribution < 1.29 is 9.90 Å². The lowest BCUT2D eigenvalue weighted by molar-refractivity contribution is -0.137. The third kappa shape index (κ3) is 3.19. The molecule has 1 fully saturated rings. The lowest BCUT2D eigenvalue weighted by Gasteiger charge is -2.32. The smallest absolute Gasteiger partial charge is 0.325 e. The number of nitrogens with zero attached hydrogens (tertiary/aromatic N) is 4. The van der Waals surface area contributed by atoms with Crippen molar-refractivity contribution in [1.82, 2.24) is 24.6 Å². The molecule has 7 nitrogen and oxygen atoms in total. The normalized spacial score (nSPS) is 19.4. The van der Waals surface area contributed by atoms with Gasteiger partial charge in [0, 0.05) is 36.6 Å². The maximum absolute atomic E-state index is 10.9. The molecule has 0 spiro atoms. The van der Waals surface area contributed by atoms with E-state index in [-0.39, 0.29) is 6.54 Å². The van der Waals surface area contributed by atoms with Crippen molar-refractivity contribution in [1.29, 1.82) is 0 Å². The Labute approximate surface area is 129 Å². The molecule has 0 radical (unpaired) electrons. The van der Waals surface area contributed by atoms with Crippen molar-refractivity contribution in [3.8, 4) is 0 Å². The van der Waals surface area contributed by atoms with Crippen LogP contribution in [0.4, 0.5) is 0 Å². The van der Waals surface area contributed by atoms with Gasteiger partial charge in [0.2, 0.25) is 0 Å². The molecule has 2 N–H and O–H groups in total. The van der Waals surface area contributed by atoms with Gasteiger partial charge in [-0.25, -0.2) is 4.98 Å². The van der Waals surface area contributed by atoms with Crippen LogP contribution in [0, 0.1) is 6.92 Å². The summed E-state index contributed by atoms with van der Waals surface area (Å²) in [6, 6.07) is 1.94. The first-order valence-electron chi connectivity index (χ1n) is 7.58. The van der Waals surface area contributed by atoms with E-state index in [4.69, 9.17) is 5.11 Å². The maximum atomic E-state index is 10.9. The first-order chi connectivity index (χ1) is 10.6. The van der Waals surface area contributed by atoms with E-state index in [1.54, 1.807) is 17.2 Å². The molecule has 0 unspecified atom stereocenters. The van der Waals surface area contributed by atoms with E-state index in [2.05, 4.69) is 20.0 Å². The number of likely N-dealkylation sites (tertiary alicyclic amines) is 1. The van der Waals surface area contributed by atoms with Gasteiger partial charge in [0.1, 0.15) is 6.54 Å². The predicted octanol–water partition coefficient (Wildman–Crippen LogP) is 1.38. The van der Waals surface area contributed by atoms with Crippen molar-refractivity contribution in [3.63, 3.8) is 0 Å². The van der Waals surface area contributed by atoms with Gasteiger partial charge < -0.3 is 10.1 Å². The Morgan fingerprint density at radius 2 is 2.41 bits per heavy atom. The Morgan fingerprint density at radius 1 is 1.55 bits per heavy atom. The van der Waals surface area contributed by atoms with Crippen LogP contribution in [0.5, 0.6) is 0 Å². The molecular formula is C15H21N5O2. The number of carbonyl (C=O) groups is 1. The van der Waals surface area contributed by atoms with E-state index in [1.165, 1.54) is 0 Å². The monoisotopic (exact) mass is 303 g/mol. The minimum absolute atomic E-state index is 0.0721. The molecule has 1 atom stereocenters. The van der Waals surface area contributed by atoms with Gasteiger partial charge in [-0.1, -0.05) is 0 Å². The number of carboxylic acid groups (broad SMARTS) is 1. The minimum atomic E-state index is -0.857. The molecule has 0 bridgehead atoms. The van der Waals surface area contributed by atoms with Gasteiger partial charge in [-0.15, -0.1) is 0 Å². The van der Waals surface area contributed by atoms with Gasteiger partial charge in [-0.3, -0.25) is 14.4 Å². The average Bonchev–Trinajstić information content (AvgIpc) is 3.09. The van der Waals surface area contributed by atoms with Gasteiger partial charge in [-0.2, -0.15) is 5.10 Å². The zero-order valence-corrected chi connectivity index (χ0v) is 12.7. The molecule has 22 heavy (non-hydrogen) atoms. The van der Waals surface area contributed by atoms with Crippen molar-refractivity contribution in [2.24, 2.45) is 0 Å². The standard InChI is InChI=1S/C15H21N5O2/c1-11-13(17-10-16-11)8-19-6-2-3-12(7-19)14-4-5-18-20(14)9-15(21)22/h4-5,10,12H,2-3,6-9H2,1H3,(H,16,17)(H,21,22)/t12-/m0/s1. The Kier molecular flexibility index (Phi) is 4.24. The van der Waals surface area contributed by atoms with Crippen LogP contribution in [0.15, 0.2) is 18.6 Å². The molecule has 7 heteroatoms. The number of piperidine rings is 1. The second kappa shape index (κ2) is 6.31. The van der Waals surface area contributed by atoms with Crippen LogP contribution >= 0.6 is 0 Å². The highest BCUT2D eigenvalue weighted by Crippen LogP contribution is 2.27. The second-order valence-corrected chi connectivity index (χ2v) is 5.86. The number of aromatic amines is 1. The number of imidazole rings is 1. The van der Waals surface area contributed by atoms with E-state index in [9.17, 15) is 4.79 Å². The van der Waals surface area contributed by atoms with Crippen LogP contribution in [0.3, 0.4) is 0 Å². The van der Waals surface area contributed by atoms with E-state index in [1.807, 2.05) is 13.0 Å². The Morgan fingerprint density at radius 3 is 3.14 bits per heavy atom. The van der Waals surface area contributed by atoms with E-state index >= 15 is 0 Å². The van der Waals surface area contributed by atoms with Crippen LogP contribution < -0.4 is 0 Å². The van der Waals surface area contributed by atoms with Gasteiger partial charge in [0.25, 0.3) is 0 Å². The topological polar surface area (TPSA) is 87.0 Å². The summed E-state index contributed by atoms with van der Waals surface area (Å²) < 4.78 is 1.61. The molecule has 1 saturated heterocycles. The van der Waals surface area contributed by atoms with E-state index in [0.717, 1.165) is 49.6 Å². The number of hydrogen-bond acceptors (Lipinski definition) is 4. The van der Waals surface area contributed by atoms with E-state index in [0.29, 0.717) is 5.92 Å². The van der Waals surface area contributed by atoms with Crippen LogP contribution in [-0.2, 0) is 17.9 Å². The summed E-state index contributed by atoms with van der Waals surface area (Å²) in [6.45, 7) is 4.76. The number of aromatic nitrogens is 4. The number of aliphatic carboxylic acids is 1. The fourth-order valence-electron chi connectivity index (χ4n) is 3.15. The molecule has 118 valence electrons. The third-order valence-corrected chi connectivity index (χ3v) is 4.27. The summed E-state index contributed by atoms with van der Waals surface area (Å²) in [6.07, 6.45) is 5.59. The highest BCUT2D eigenvalue weighted by molar-refractivity contribution is 5.66. The number of nitrogens with one attached hydrogen (secondary N) is 1. The molecule has 1 aliphatic rings. The molecule has 3 rings (SSSR count). The first kappa shape index (κ1) is 14.8. The number of rotatable bonds is 5. The first-order valence-corrected chi connectivity index (χ1v) is 7.58. The van der Waals surface area contributed by atoms with Crippen LogP contribution in [0.2, 0.25) is 0 Å². The Balaban J connectivity index is 1.69. The van der Waals surface area contributed by atoms with Gasteiger partial charge in [0.15, 0.2) is 0 Å². The lowest BCUT2D eigenvalue weighted by atomic mass is 9.94. The second-order valence-electron chi connectivity index (χ2n) is 5.86. The maximum Gasteiger partial charge on any atom is 0.325 e. The lowest BCUT2D eigenvalue weighted by Crippen LogP contribution is -2.35. The number of H-pyrrole nitrogens is 1.